The number of hydrogen-bond donors (Lipinski definition) is 0. The van der Waals surface area contributed by atoms with Gasteiger partial charge in [-0.1, -0.05) is 49.6 Å². The van der Waals surface area contributed by atoms with Crippen LogP contribution in [-0.4, -0.2) is 42.5 Å². The van der Waals surface area contributed by atoms with Gasteiger partial charge in [0.1, 0.15) is 12.3 Å². The molecule has 0 heterocycles. The van der Waals surface area contributed by atoms with Gasteiger partial charge in [0.2, 0.25) is 5.69 Å². The van der Waals surface area contributed by atoms with Crippen molar-refractivity contribution in [2.75, 3.05) is 20.3 Å². The molecule has 2 aromatic carbocycles. The Morgan fingerprint density at radius 1 is 0.969 bits per heavy atom. The summed E-state index contributed by atoms with van der Waals surface area (Å²) in [6, 6.07) is 15.9. The third-order valence-electron chi connectivity index (χ3n) is 5.48. The van der Waals surface area contributed by atoms with E-state index in [1.54, 1.807) is 25.3 Å². The first-order valence-electron chi connectivity index (χ1n) is 11.2. The van der Waals surface area contributed by atoms with Gasteiger partial charge in [0.05, 0.1) is 25.6 Å². The molecular formula is C26H33NO5. The van der Waals surface area contributed by atoms with Crippen LogP contribution in [0.1, 0.15) is 56.3 Å². The second kappa shape index (κ2) is 13.3. The molecule has 0 bridgehead atoms. The van der Waals surface area contributed by atoms with Crippen LogP contribution in [0, 0.1) is 5.92 Å². The first kappa shape index (κ1) is 25.1. The highest BCUT2D eigenvalue weighted by Gasteiger charge is 2.34. The number of carboxylic acid groups (broad SMARTS) is 1. The molecule has 0 spiro atoms. The van der Waals surface area contributed by atoms with E-state index in [-0.39, 0.29) is 11.5 Å². The molecule has 2 aromatic rings. The molecule has 6 nitrogen and oxygen atoms in total. The summed E-state index contributed by atoms with van der Waals surface area (Å²) in [6.45, 7) is 5.10. The zero-order chi connectivity index (χ0) is 23.3. The summed E-state index contributed by atoms with van der Waals surface area (Å²) in [5, 5.41) is 10.1. The van der Waals surface area contributed by atoms with Crippen LogP contribution in [0.25, 0.3) is 0 Å². The number of nitrogens with zero attached hydrogens (tertiary/aromatic N) is 1. The molecule has 3 rings (SSSR count). The van der Waals surface area contributed by atoms with Gasteiger partial charge in [-0.05, 0) is 44.4 Å². The van der Waals surface area contributed by atoms with Crippen molar-refractivity contribution in [2.45, 2.75) is 46.0 Å². The quantitative estimate of drug-likeness (QED) is 0.370. The average molecular weight is 440 g/mol. The maximum atomic E-state index is 12.6. The first-order valence-corrected chi connectivity index (χ1v) is 11.2. The standard InChI is InChI=1S/C19H28NO3.C7H6O2/c1-4-20(16-11-13-17(22-3)14-12-16)18(19(21)23-5-2)15-9-7-6-8-10-15;8-7(9)6-4-2-1-3-5-6/h11-15H,4-10H2,1-3H3;1-5H,(H,8,9)/q+1;/p-1. The lowest BCUT2D eigenvalue weighted by Crippen LogP contribution is -2.35. The Labute approximate surface area is 190 Å². The van der Waals surface area contributed by atoms with Crippen molar-refractivity contribution in [1.82, 2.24) is 0 Å². The van der Waals surface area contributed by atoms with Crippen LogP contribution in [0.15, 0.2) is 54.6 Å². The molecule has 0 atom stereocenters. The van der Waals surface area contributed by atoms with Gasteiger partial charge >= 0.3 is 5.97 Å². The predicted molar refractivity (Wildman–Crippen MR) is 122 cm³/mol. The molecule has 0 amide bonds. The van der Waals surface area contributed by atoms with Crippen molar-refractivity contribution in [3.8, 4) is 5.75 Å². The van der Waals surface area contributed by atoms with Gasteiger partial charge in [0.25, 0.3) is 5.71 Å². The molecule has 0 aliphatic heterocycles. The van der Waals surface area contributed by atoms with Crippen LogP contribution < -0.4 is 9.84 Å². The summed E-state index contributed by atoms with van der Waals surface area (Å²) in [4.78, 5) is 22.7. The van der Waals surface area contributed by atoms with Crippen molar-refractivity contribution in [2.24, 2.45) is 5.92 Å². The third-order valence-corrected chi connectivity index (χ3v) is 5.48. The number of carbonyl (C=O) groups is 2. The van der Waals surface area contributed by atoms with Crippen LogP contribution in [0.4, 0.5) is 5.69 Å². The molecule has 1 fully saturated rings. The minimum atomic E-state index is -1.13. The number of rotatable bonds is 7. The molecule has 1 saturated carbocycles. The Kier molecular flexibility index (Phi) is 10.4. The summed E-state index contributed by atoms with van der Waals surface area (Å²) in [5.74, 6) is -0.183. The lowest BCUT2D eigenvalue weighted by atomic mass is 9.85. The fourth-order valence-electron chi connectivity index (χ4n) is 3.91. The average Bonchev–Trinajstić information content (AvgIpc) is 2.84. The van der Waals surface area contributed by atoms with Crippen LogP contribution in [0.5, 0.6) is 5.75 Å². The fraction of sp³-hybridized carbons (Fsp3) is 0.423. The summed E-state index contributed by atoms with van der Waals surface area (Å²) >= 11 is 0. The van der Waals surface area contributed by atoms with Crippen molar-refractivity contribution < 1.29 is 28.7 Å². The highest BCUT2D eigenvalue weighted by atomic mass is 16.5. The second-order valence-corrected chi connectivity index (χ2v) is 7.54. The Hall–Kier alpha value is -3.15. The van der Waals surface area contributed by atoms with Gasteiger partial charge in [0.15, 0.2) is 0 Å². The van der Waals surface area contributed by atoms with E-state index in [1.807, 2.05) is 31.2 Å². The maximum Gasteiger partial charge on any atom is 0.399 e. The van der Waals surface area contributed by atoms with Crippen LogP contribution >= 0.6 is 0 Å². The van der Waals surface area contributed by atoms with E-state index in [4.69, 9.17) is 9.47 Å². The largest absolute Gasteiger partial charge is 0.545 e. The van der Waals surface area contributed by atoms with Gasteiger partial charge < -0.3 is 19.4 Å². The molecule has 1 aliphatic carbocycles. The Morgan fingerprint density at radius 2 is 1.59 bits per heavy atom. The van der Waals surface area contributed by atoms with E-state index in [0.29, 0.717) is 12.5 Å². The zero-order valence-corrected chi connectivity index (χ0v) is 19.2. The summed E-state index contributed by atoms with van der Waals surface area (Å²) < 4.78 is 12.7. The van der Waals surface area contributed by atoms with Gasteiger partial charge in [-0.25, -0.2) is 4.79 Å². The molecule has 0 N–H and O–H groups in total. The normalized spacial score (nSPS) is 14.5. The lowest BCUT2D eigenvalue weighted by molar-refractivity contribution is -0.439. The van der Waals surface area contributed by atoms with Crippen molar-refractivity contribution in [3.05, 3.63) is 60.2 Å². The van der Waals surface area contributed by atoms with Crippen molar-refractivity contribution >= 4 is 23.3 Å². The number of ether oxygens (including phenoxy) is 2. The molecule has 32 heavy (non-hydrogen) atoms. The van der Waals surface area contributed by atoms with E-state index in [9.17, 15) is 14.7 Å². The number of benzene rings is 2. The molecule has 172 valence electrons. The number of hydrogen-bond acceptors (Lipinski definition) is 5. The van der Waals surface area contributed by atoms with Gasteiger partial charge in [-0.3, -0.25) is 0 Å². The van der Waals surface area contributed by atoms with Gasteiger partial charge in [-0.2, -0.15) is 4.58 Å². The maximum absolute atomic E-state index is 12.6. The predicted octanol–water partition coefficient (Wildman–Crippen LogP) is 3.99. The van der Waals surface area contributed by atoms with E-state index >= 15 is 0 Å². The molecular weight excluding hydrogens is 406 g/mol. The van der Waals surface area contributed by atoms with E-state index in [0.717, 1.165) is 36.5 Å². The second-order valence-electron chi connectivity index (χ2n) is 7.54. The smallest absolute Gasteiger partial charge is 0.399 e. The SMILES string of the molecule is CCOC(=O)C(C1CCCCC1)=[N+](CC)c1ccc(OC)cc1.O=C([O-])c1ccccc1. The third kappa shape index (κ3) is 7.22. The number of carboxylic acids is 1. The number of methoxy groups -OCH3 is 1. The monoisotopic (exact) mass is 439 g/mol. The molecule has 0 saturated heterocycles. The molecule has 6 heteroatoms. The fourth-order valence-corrected chi connectivity index (χ4v) is 3.91. The highest BCUT2D eigenvalue weighted by molar-refractivity contribution is 6.35. The number of carbonyl (C=O) groups excluding carboxylic acids is 2. The van der Waals surface area contributed by atoms with Crippen LogP contribution in [-0.2, 0) is 9.53 Å². The minimum absolute atomic E-state index is 0.169. The Morgan fingerprint density at radius 3 is 2.06 bits per heavy atom. The molecule has 0 aromatic heterocycles. The topological polar surface area (TPSA) is 78.7 Å². The number of aromatic carboxylic acids is 1. The lowest BCUT2D eigenvalue weighted by Gasteiger charge is -2.21. The van der Waals surface area contributed by atoms with Gasteiger partial charge in [0, 0.05) is 12.1 Å². The first-order chi connectivity index (χ1) is 15.5. The minimum Gasteiger partial charge on any atom is -0.545 e. The summed E-state index contributed by atoms with van der Waals surface area (Å²) in [6.07, 6.45) is 5.78. The highest BCUT2D eigenvalue weighted by Crippen LogP contribution is 2.27. The van der Waals surface area contributed by atoms with Crippen LogP contribution in [0.2, 0.25) is 0 Å². The van der Waals surface area contributed by atoms with E-state index in [2.05, 4.69) is 11.5 Å². The summed E-state index contributed by atoms with van der Waals surface area (Å²) in [5.41, 5.74) is 2.05. The molecule has 1 aliphatic rings. The van der Waals surface area contributed by atoms with E-state index in [1.165, 1.54) is 31.4 Å². The van der Waals surface area contributed by atoms with Gasteiger partial charge in [-0.15, -0.1) is 0 Å². The Bertz CT molecular complexity index is 884. The summed E-state index contributed by atoms with van der Waals surface area (Å²) in [7, 11) is 1.66. The number of esters is 1. The molecule has 0 unspecified atom stereocenters. The van der Waals surface area contributed by atoms with Crippen LogP contribution in [0.3, 0.4) is 0 Å². The van der Waals surface area contributed by atoms with Crippen molar-refractivity contribution in [3.63, 3.8) is 0 Å². The zero-order valence-electron chi connectivity index (χ0n) is 19.2. The van der Waals surface area contributed by atoms with E-state index < -0.39 is 5.97 Å². The molecule has 0 radical (unpaired) electrons. The Balaban J connectivity index is 0.000000336. The van der Waals surface area contributed by atoms with Crippen molar-refractivity contribution in [1.29, 1.82) is 0 Å².